The molecule has 0 aromatic carbocycles. The molecular formula is C16H22FN3S. The van der Waals surface area contributed by atoms with E-state index in [1.165, 1.54) is 4.88 Å². The molecule has 0 aliphatic heterocycles. The summed E-state index contributed by atoms with van der Waals surface area (Å²) in [5.41, 5.74) is 0.598. The molecule has 0 amide bonds. The Morgan fingerprint density at radius 3 is 2.76 bits per heavy atom. The first kappa shape index (κ1) is 15.9. The van der Waals surface area contributed by atoms with Gasteiger partial charge in [-0.15, -0.1) is 11.3 Å². The van der Waals surface area contributed by atoms with Crippen molar-refractivity contribution in [2.24, 2.45) is 0 Å². The zero-order valence-electron chi connectivity index (χ0n) is 12.7. The molecule has 114 valence electrons. The summed E-state index contributed by atoms with van der Waals surface area (Å²) in [4.78, 5) is 5.38. The molecule has 0 aliphatic rings. The minimum atomic E-state index is -0.263. The van der Waals surface area contributed by atoms with Crippen LogP contribution in [0.25, 0.3) is 0 Å². The zero-order chi connectivity index (χ0) is 15.3. The summed E-state index contributed by atoms with van der Waals surface area (Å²) < 4.78 is 14.4. The van der Waals surface area contributed by atoms with E-state index in [1.807, 2.05) is 11.4 Å². The molecule has 0 atom stereocenters. The number of aromatic nitrogens is 1. The smallest absolute Gasteiger partial charge is 0.169 e. The molecule has 3 nitrogen and oxygen atoms in total. The predicted molar refractivity (Wildman–Crippen MR) is 87.3 cm³/mol. The standard InChI is InChI=1S/C16H22FN3S/c1-16(2,3)20-11-12-6-8-18-15(14(12)17)19-9-7-13-5-4-10-21-13/h4-6,8,10,20H,7,9,11H2,1-3H3,(H,18,19). The Morgan fingerprint density at radius 2 is 2.10 bits per heavy atom. The van der Waals surface area contributed by atoms with E-state index in [-0.39, 0.29) is 11.4 Å². The SMILES string of the molecule is CC(C)(C)NCc1ccnc(NCCc2cccs2)c1F. The first-order valence-corrected chi connectivity index (χ1v) is 7.98. The summed E-state index contributed by atoms with van der Waals surface area (Å²) in [5, 5.41) is 8.42. The molecule has 0 bridgehead atoms. The maximum Gasteiger partial charge on any atom is 0.169 e. The van der Waals surface area contributed by atoms with Crippen LogP contribution in [0.5, 0.6) is 0 Å². The van der Waals surface area contributed by atoms with E-state index in [4.69, 9.17) is 0 Å². The van der Waals surface area contributed by atoms with Crippen molar-refractivity contribution in [1.29, 1.82) is 0 Å². The number of rotatable bonds is 6. The molecule has 0 saturated carbocycles. The highest BCUT2D eigenvalue weighted by molar-refractivity contribution is 7.09. The lowest BCUT2D eigenvalue weighted by molar-refractivity contribution is 0.418. The van der Waals surface area contributed by atoms with Crippen LogP contribution in [0.4, 0.5) is 10.2 Å². The van der Waals surface area contributed by atoms with Crippen LogP contribution in [-0.4, -0.2) is 17.1 Å². The molecule has 0 saturated heterocycles. The quantitative estimate of drug-likeness (QED) is 0.852. The van der Waals surface area contributed by atoms with Crippen molar-refractivity contribution in [2.45, 2.75) is 39.3 Å². The zero-order valence-corrected chi connectivity index (χ0v) is 13.6. The minimum absolute atomic E-state index is 0.0392. The highest BCUT2D eigenvalue weighted by Gasteiger charge is 2.13. The number of halogens is 1. The van der Waals surface area contributed by atoms with Crippen molar-refractivity contribution < 1.29 is 4.39 Å². The van der Waals surface area contributed by atoms with Gasteiger partial charge in [-0.05, 0) is 44.7 Å². The number of hydrogen-bond donors (Lipinski definition) is 2. The molecule has 0 fully saturated rings. The summed E-state index contributed by atoms with van der Waals surface area (Å²) in [7, 11) is 0. The lowest BCUT2D eigenvalue weighted by atomic mass is 10.1. The van der Waals surface area contributed by atoms with Gasteiger partial charge in [0.05, 0.1) is 0 Å². The van der Waals surface area contributed by atoms with Crippen LogP contribution in [0.3, 0.4) is 0 Å². The third-order valence-electron chi connectivity index (χ3n) is 3.02. The van der Waals surface area contributed by atoms with Crippen molar-refractivity contribution >= 4 is 17.2 Å². The van der Waals surface area contributed by atoms with Gasteiger partial charge in [0, 0.05) is 35.3 Å². The molecule has 21 heavy (non-hydrogen) atoms. The average Bonchev–Trinajstić information content (AvgIpc) is 2.91. The highest BCUT2D eigenvalue weighted by atomic mass is 32.1. The first-order valence-electron chi connectivity index (χ1n) is 7.10. The van der Waals surface area contributed by atoms with Gasteiger partial charge in [-0.3, -0.25) is 0 Å². The fraction of sp³-hybridized carbons (Fsp3) is 0.438. The number of nitrogens with one attached hydrogen (secondary N) is 2. The summed E-state index contributed by atoms with van der Waals surface area (Å²) >= 11 is 1.71. The minimum Gasteiger partial charge on any atom is -0.367 e. The molecule has 0 spiro atoms. The molecule has 2 aromatic rings. The molecule has 0 aliphatic carbocycles. The van der Waals surface area contributed by atoms with Gasteiger partial charge in [-0.2, -0.15) is 0 Å². The van der Waals surface area contributed by atoms with Crippen LogP contribution >= 0.6 is 11.3 Å². The largest absolute Gasteiger partial charge is 0.367 e. The van der Waals surface area contributed by atoms with E-state index in [0.717, 1.165) is 6.42 Å². The fourth-order valence-corrected chi connectivity index (χ4v) is 2.57. The number of pyridine rings is 1. The van der Waals surface area contributed by atoms with Gasteiger partial charge in [0.1, 0.15) is 0 Å². The number of thiophene rings is 1. The van der Waals surface area contributed by atoms with Crippen molar-refractivity contribution in [3.05, 3.63) is 46.0 Å². The third kappa shape index (κ3) is 5.10. The molecule has 0 unspecified atom stereocenters. The van der Waals surface area contributed by atoms with Crippen LogP contribution in [0.2, 0.25) is 0 Å². The first-order chi connectivity index (χ1) is 9.96. The van der Waals surface area contributed by atoms with Crippen LogP contribution in [0.15, 0.2) is 29.8 Å². The van der Waals surface area contributed by atoms with Gasteiger partial charge in [-0.1, -0.05) is 6.07 Å². The van der Waals surface area contributed by atoms with Crippen molar-refractivity contribution in [1.82, 2.24) is 10.3 Å². The molecular weight excluding hydrogens is 285 g/mol. The van der Waals surface area contributed by atoms with Crippen LogP contribution in [0, 0.1) is 5.82 Å². The maximum absolute atomic E-state index is 14.4. The van der Waals surface area contributed by atoms with Crippen molar-refractivity contribution in [3.8, 4) is 0 Å². The summed E-state index contributed by atoms with van der Waals surface area (Å²) in [6.07, 6.45) is 2.53. The van der Waals surface area contributed by atoms with E-state index in [2.05, 4.69) is 42.5 Å². The highest BCUT2D eigenvalue weighted by Crippen LogP contribution is 2.16. The monoisotopic (exact) mass is 307 g/mol. The molecule has 2 rings (SSSR count). The topological polar surface area (TPSA) is 37.0 Å². The summed E-state index contributed by atoms with van der Waals surface area (Å²) in [6.45, 7) is 7.36. The Bertz CT molecular complexity index is 561. The lowest BCUT2D eigenvalue weighted by Crippen LogP contribution is -2.35. The molecule has 5 heteroatoms. The van der Waals surface area contributed by atoms with Gasteiger partial charge >= 0.3 is 0 Å². The average molecular weight is 307 g/mol. The lowest BCUT2D eigenvalue weighted by Gasteiger charge is -2.21. The van der Waals surface area contributed by atoms with Crippen LogP contribution < -0.4 is 10.6 Å². The normalized spacial score (nSPS) is 11.6. The molecule has 0 radical (unpaired) electrons. The number of nitrogens with zero attached hydrogens (tertiary/aromatic N) is 1. The van der Waals surface area contributed by atoms with E-state index in [1.54, 1.807) is 23.6 Å². The second kappa shape index (κ2) is 7.00. The third-order valence-corrected chi connectivity index (χ3v) is 3.96. The number of anilines is 1. The Labute approximate surface area is 129 Å². The Hall–Kier alpha value is -1.46. The fourth-order valence-electron chi connectivity index (χ4n) is 1.86. The van der Waals surface area contributed by atoms with E-state index >= 15 is 0 Å². The van der Waals surface area contributed by atoms with Gasteiger partial charge in [0.2, 0.25) is 0 Å². The van der Waals surface area contributed by atoms with Gasteiger partial charge in [0.25, 0.3) is 0 Å². The van der Waals surface area contributed by atoms with Gasteiger partial charge in [0.15, 0.2) is 11.6 Å². The number of hydrogen-bond acceptors (Lipinski definition) is 4. The predicted octanol–water partition coefficient (Wildman–Crippen LogP) is 3.82. The second-order valence-electron chi connectivity index (χ2n) is 5.99. The van der Waals surface area contributed by atoms with E-state index in [9.17, 15) is 4.39 Å². The summed E-state index contributed by atoms with van der Waals surface area (Å²) in [6, 6.07) is 5.83. The van der Waals surface area contributed by atoms with Crippen LogP contribution in [0.1, 0.15) is 31.2 Å². The Morgan fingerprint density at radius 1 is 1.29 bits per heavy atom. The summed E-state index contributed by atoms with van der Waals surface area (Å²) in [5.74, 6) is 0.0696. The van der Waals surface area contributed by atoms with E-state index < -0.39 is 0 Å². The molecule has 2 heterocycles. The van der Waals surface area contributed by atoms with Gasteiger partial charge < -0.3 is 10.6 Å². The molecule has 2 N–H and O–H groups in total. The van der Waals surface area contributed by atoms with Gasteiger partial charge in [-0.25, -0.2) is 9.37 Å². The Balaban J connectivity index is 1.93. The second-order valence-corrected chi connectivity index (χ2v) is 7.02. The van der Waals surface area contributed by atoms with Crippen molar-refractivity contribution in [3.63, 3.8) is 0 Å². The van der Waals surface area contributed by atoms with Crippen molar-refractivity contribution in [2.75, 3.05) is 11.9 Å². The van der Waals surface area contributed by atoms with Crippen LogP contribution in [-0.2, 0) is 13.0 Å². The molecule has 2 aromatic heterocycles. The Kier molecular flexibility index (Phi) is 5.31. The van der Waals surface area contributed by atoms with E-state index in [0.29, 0.717) is 24.5 Å². The maximum atomic E-state index is 14.4.